The van der Waals surface area contributed by atoms with E-state index in [1.165, 1.54) is 38.5 Å². The van der Waals surface area contributed by atoms with E-state index in [-0.39, 0.29) is 34.9 Å². The molecule has 0 saturated carbocycles. The molecule has 0 fully saturated rings. The van der Waals surface area contributed by atoms with Crippen LogP contribution in [0.15, 0.2) is 42.5 Å². The molecule has 2 aromatic carbocycles. The van der Waals surface area contributed by atoms with Crippen LogP contribution >= 0.6 is 0 Å². The summed E-state index contributed by atoms with van der Waals surface area (Å²) < 4.78 is 10.2. The van der Waals surface area contributed by atoms with Crippen LogP contribution in [0.1, 0.15) is 29.8 Å². The summed E-state index contributed by atoms with van der Waals surface area (Å²) in [5.41, 5.74) is 0.885. The molecule has 2 amide bonds. The van der Waals surface area contributed by atoms with Crippen molar-refractivity contribution in [3.8, 4) is 11.5 Å². The fraction of sp³-hybridized carbons (Fsp3) is 0.238. The number of amides is 2. The van der Waals surface area contributed by atoms with Gasteiger partial charge in [0.05, 0.1) is 30.8 Å². The van der Waals surface area contributed by atoms with Crippen LogP contribution in [0, 0.1) is 10.1 Å². The summed E-state index contributed by atoms with van der Waals surface area (Å²) in [6, 6.07) is 8.63. The Bertz CT molecular complexity index is 967. The molecule has 9 nitrogen and oxygen atoms in total. The van der Waals surface area contributed by atoms with Gasteiger partial charge in [0.2, 0.25) is 0 Å². The number of hydrogen-bond donors (Lipinski definition) is 2. The van der Waals surface area contributed by atoms with Gasteiger partial charge in [-0.25, -0.2) is 4.79 Å². The summed E-state index contributed by atoms with van der Waals surface area (Å²) in [7, 11) is 2.80. The van der Waals surface area contributed by atoms with E-state index in [1.54, 1.807) is 24.3 Å². The number of ether oxygens (including phenoxy) is 2. The molecule has 158 valence electrons. The number of ketones is 1. The highest BCUT2D eigenvalue weighted by Crippen LogP contribution is 2.35. The first-order valence-corrected chi connectivity index (χ1v) is 9.05. The number of anilines is 1. The second kappa shape index (κ2) is 10.1. The second-order valence-electron chi connectivity index (χ2n) is 6.55. The number of hydrogen-bond acceptors (Lipinski definition) is 6. The smallest absolute Gasteiger partial charge is 0.319 e. The minimum absolute atomic E-state index is 0.00313. The van der Waals surface area contributed by atoms with Gasteiger partial charge in [0, 0.05) is 17.3 Å². The highest BCUT2D eigenvalue weighted by molar-refractivity contribution is 6.07. The van der Waals surface area contributed by atoms with Crippen LogP contribution in [0.5, 0.6) is 11.5 Å². The lowest BCUT2D eigenvalue weighted by Gasteiger charge is -2.10. The molecule has 0 aliphatic rings. The summed E-state index contributed by atoms with van der Waals surface area (Å²) >= 11 is 0. The Labute approximate surface area is 173 Å². The van der Waals surface area contributed by atoms with Gasteiger partial charge in [-0.2, -0.15) is 0 Å². The van der Waals surface area contributed by atoms with E-state index < -0.39 is 4.92 Å². The van der Waals surface area contributed by atoms with E-state index in [0.29, 0.717) is 17.0 Å². The van der Waals surface area contributed by atoms with Crippen molar-refractivity contribution in [2.75, 3.05) is 19.5 Å². The van der Waals surface area contributed by atoms with Crippen molar-refractivity contribution >= 4 is 29.3 Å². The van der Waals surface area contributed by atoms with Crippen molar-refractivity contribution in [2.24, 2.45) is 0 Å². The zero-order valence-corrected chi connectivity index (χ0v) is 17.1. The van der Waals surface area contributed by atoms with Gasteiger partial charge in [-0.05, 0) is 56.3 Å². The molecule has 0 radical (unpaired) electrons. The number of nitrogens with one attached hydrogen (secondary N) is 2. The molecular formula is C21H23N3O6. The van der Waals surface area contributed by atoms with Gasteiger partial charge in [0.1, 0.15) is 0 Å². The molecule has 0 spiro atoms. The fourth-order valence-corrected chi connectivity index (χ4v) is 2.58. The van der Waals surface area contributed by atoms with Gasteiger partial charge in [-0.3, -0.25) is 14.9 Å². The quantitative estimate of drug-likeness (QED) is 0.292. The Morgan fingerprint density at radius 2 is 1.67 bits per heavy atom. The Morgan fingerprint density at radius 1 is 1.07 bits per heavy atom. The fourth-order valence-electron chi connectivity index (χ4n) is 2.58. The summed E-state index contributed by atoms with van der Waals surface area (Å²) in [4.78, 5) is 34.9. The Kier molecular flexibility index (Phi) is 7.51. The Balaban J connectivity index is 2.19. The highest BCUT2D eigenvalue weighted by Gasteiger charge is 2.18. The van der Waals surface area contributed by atoms with Crippen molar-refractivity contribution in [1.82, 2.24) is 5.32 Å². The van der Waals surface area contributed by atoms with Crippen molar-refractivity contribution in [2.45, 2.75) is 19.9 Å². The lowest BCUT2D eigenvalue weighted by molar-refractivity contribution is -0.385. The van der Waals surface area contributed by atoms with Crippen LogP contribution in [-0.2, 0) is 0 Å². The SMILES string of the molecule is COc1cc(C=CC(=O)c2ccc(NC(=O)NC(C)C)cc2)c([N+](=O)[O-])cc1OC. The number of nitro groups is 1. The molecule has 0 atom stereocenters. The van der Waals surface area contributed by atoms with Crippen LogP contribution in [0.2, 0.25) is 0 Å². The standard InChI is InChI=1S/C21H23N3O6/c1-13(2)22-21(26)23-16-8-5-14(6-9-16)18(25)10-7-15-11-19(29-3)20(30-4)12-17(15)24(27)28/h5-13H,1-4H3,(H2,22,23,26). The predicted octanol–water partition coefficient (Wildman–Crippen LogP) is 4.04. The van der Waals surface area contributed by atoms with Crippen molar-refractivity contribution in [1.29, 1.82) is 0 Å². The maximum atomic E-state index is 12.4. The van der Waals surface area contributed by atoms with Crippen molar-refractivity contribution in [3.63, 3.8) is 0 Å². The predicted molar refractivity (Wildman–Crippen MR) is 113 cm³/mol. The topological polar surface area (TPSA) is 120 Å². The van der Waals surface area contributed by atoms with E-state index in [4.69, 9.17) is 9.47 Å². The minimum atomic E-state index is -0.561. The maximum absolute atomic E-state index is 12.4. The van der Waals surface area contributed by atoms with Gasteiger partial charge in [-0.15, -0.1) is 0 Å². The summed E-state index contributed by atoms with van der Waals surface area (Å²) in [5.74, 6) is 0.180. The monoisotopic (exact) mass is 413 g/mol. The lowest BCUT2D eigenvalue weighted by Crippen LogP contribution is -2.34. The molecular weight excluding hydrogens is 390 g/mol. The summed E-state index contributed by atoms with van der Waals surface area (Å²) in [5, 5.41) is 16.7. The average Bonchev–Trinajstić information content (AvgIpc) is 2.70. The number of carbonyl (C=O) groups excluding carboxylic acids is 2. The van der Waals surface area contributed by atoms with Crippen LogP contribution in [0.4, 0.5) is 16.2 Å². The third-order valence-electron chi connectivity index (χ3n) is 3.99. The first kappa shape index (κ1) is 22.4. The Hall–Kier alpha value is -3.88. The van der Waals surface area contributed by atoms with Crippen molar-refractivity contribution in [3.05, 3.63) is 63.7 Å². The summed E-state index contributed by atoms with van der Waals surface area (Å²) in [6.07, 6.45) is 2.59. The molecule has 0 aromatic heterocycles. The number of urea groups is 1. The first-order chi connectivity index (χ1) is 14.2. The van der Waals surface area contributed by atoms with Crippen LogP contribution in [0.3, 0.4) is 0 Å². The van der Waals surface area contributed by atoms with E-state index in [0.717, 1.165) is 0 Å². The van der Waals surface area contributed by atoms with Gasteiger partial charge < -0.3 is 20.1 Å². The highest BCUT2D eigenvalue weighted by atomic mass is 16.6. The first-order valence-electron chi connectivity index (χ1n) is 9.05. The van der Waals surface area contributed by atoms with Crippen molar-refractivity contribution < 1.29 is 24.0 Å². The molecule has 2 aromatic rings. The van der Waals surface area contributed by atoms with E-state index >= 15 is 0 Å². The van der Waals surface area contributed by atoms with Crippen LogP contribution in [-0.4, -0.2) is 37.0 Å². The van der Waals surface area contributed by atoms with Gasteiger partial charge >= 0.3 is 6.03 Å². The second-order valence-corrected chi connectivity index (χ2v) is 6.55. The number of benzene rings is 2. The third kappa shape index (κ3) is 5.81. The molecule has 0 aliphatic carbocycles. The van der Waals surface area contributed by atoms with Crippen LogP contribution in [0.25, 0.3) is 6.08 Å². The third-order valence-corrected chi connectivity index (χ3v) is 3.99. The van der Waals surface area contributed by atoms with E-state index in [1.807, 2.05) is 13.8 Å². The molecule has 0 aliphatic heterocycles. The van der Waals surface area contributed by atoms with E-state index in [9.17, 15) is 19.7 Å². The molecule has 2 N–H and O–H groups in total. The zero-order valence-electron chi connectivity index (χ0n) is 17.1. The van der Waals surface area contributed by atoms with Gasteiger partial charge in [-0.1, -0.05) is 0 Å². The Morgan fingerprint density at radius 3 is 2.20 bits per heavy atom. The number of allylic oxidation sites excluding steroid dienone is 1. The van der Waals surface area contributed by atoms with Gasteiger partial charge in [0.25, 0.3) is 5.69 Å². The molecule has 9 heteroatoms. The maximum Gasteiger partial charge on any atom is 0.319 e. The average molecular weight is 413 g/mol. The molecule has 0 unspecified atom stereocenters. The minimum Gasteiger partial charge on any atom is -0.493 e. The molecule has 0 heterocycles. The number of rotatable bonds is 8. The normalized spacial score (nSPS) is 10.7. The van der Waals surface area contributed by atoms with E-state index in [2.05, 4.69) is 10.6 Å². The number of carbonyl (C=O) groups is 2. The molecule has 0 saturated heterocycles. The number of methoxy groups -OCH3 is 2. The van der Waals surface area contributed by atoms with Gasteiger partial charge in [0.15, 0.2) is 17.3 Å². The summed E-state index contributed by atoms with van der Waals surface area (Å²) in [6.45, 7) is 3.69. The largest absolute Gasteiger partial charge is 0.493 e. The van der Waals surface area contributed by atoms with Crippen LogP contribution < -0.4 is 20.1 Å². The number of nitro benzene ring substituents is 1. The zero-order chi connectivity index (χ0) is 22.3. The number of nitrogens with zero attached hydrogens (tertiary/aromatic N) is 1. The molecule has 2 rings (SSSR count). The molecule has 30 heavy (non-hydrogen) atoms. The molecule has 0 bridgehead atoms. The lowest BCUT2D eigenvalue weighted by atomic mass is 10.1.